The van der Waals surface area contributed by atoms with Crippen LogP contribution in [-0.4, -0.2) is 23.8 Å². The molecule has 18 heavy (non-hydrogen) atoms. The summed E-state index contributed by atoms with van der Waals surface area (Å²) in [5.41, 5.74) is 3.92. The Morgan fingerprint density at radius 2 is 2.00 bits per heavy atom. The van der Waals surface area contributed by atoms with E-state index in [9.17, 15) is 0 Å². The summed E-state index contributed by atoms with van der Waals surface area (Å²) in [7, 11) is 0. The molecule has 0 saturated carbocycles. The first-order chi connectivity index (χ1) is 8.60. The van der Waals surface area contributed by atoms with Crippen LogP contribution in [-0.2, 0) is 0 Å². The summed E-state index contributed by atoms with van der Waals surface area (Å²) in [4.78, 5) is 7.19. The fourth-order valence-electron chi connectivity index (χ4n) is 2.23. The number of hydrogen-bond acceptors (Lipinski definition) is 2. The Balaban J connectivity index is 2.24. The maximum absolute atomic E-state index is 4.85. The Morgan fingerprint density at radius 1 is 1.33 bits per heavy atom. The molecule has 1 aromatic carbocycles. The molecule has 1 heterocycles. The summed E-state index contributed by atoms with van der Waals surface area (Å²) in [6.07, 6.45) is 2.18. The minimum absolute atomic E-state index is 0.288. The molecule has 1 aromatic rings. The fraction of sp³-hybridized carbons (Fsp3) is 0.438. The molecule has 0 bridgehead atoms. The Kier molecular flexibility index (Phi) is 3.85. The van der Waals surface area contributed by atoms with Gasteiger partial charge < -0.3 is 4.90 Å². The predicted molar refractivity (Wildman–Crippen MR) is 78.0 cm³/mol. The number of rotatable bonds is 3. The van der Waals surface area contributed by atoms with Gasteiger partial charge in [0.1, 0.15) is 5.84 Å². The molecule has 96 valence electrons. The molecule has 1 atom stereocenters. The number of nitrogens with zero attached hydrogens (tertiary/aromatic N) is 2. The van der Waals surface area contributed by atoms with Crippen LogP contribution in [0.4, 0.5) is 0 Å². The second-order valence-electron chi connectivity index (χ2n) is 5.17. The lowest BCUT2D eigenvalue weighted by molar-refractivity contribution is 0.449. The minimum Gasteiger partial charge on any atom is -0.355 e. The number of hydrogen-bond donors (Lipinski definition) is 0. The van der Waals surface area contributed by atoms with E-state index in [0.717, 1.165) is 18.9 Å². The van der Waals surface area contributed by atoms with E-state index < -0.39 is 0 Å². The zero-order valence-electron chi connectivity index (χ0n) is 11.8. The van der Waals surface area contributed by atoms with Gasteiger partial charge in [0, 0.05) is 13.1 Å². The van der Waals surface area contributed by atoms with E-state index in [4.69, 9.17) is 4.99 Å². The van der Waals surface area contributed by atoms with Gasteiger partial charge in [-0.05, 0) is 39.3 Å². The maximum Gasteiger partial charge on any atom is 0.124 e. The minimum atomic E-state index is 0.288. The molecule has 0 aromatic heterocycles. The van der Waals surface area contributed by atoms with Crippen LogP contribution >= 0.6 is 0 Å². The van der Waals surface area contributed by atoms with Gasteiger partial charge in [-0.3, -0.25) is 4.99 Å². The summed E-state index contributed by atoms with van der Waals surface area (Å²) >= 11 is 0. The molecule has 1 aliphatic heterocycles. The smallest absolute Gasteiger partial charge is 0.124 e. The molecule has 1 unspecified atom stereocenters. The predicted octanol–water partition coefficient (Wildman–Crippen LogP) is 3.74. The monoisotopic (exact) mass is 242 g/mol. The molecular weight excluding hydrogens is 220 g/mol. The average Bonchev–Trinajstić information content (AvgIpc) is 2.72. The first kappa shape index (κ1) is 12.9. The number of aliphatic imine (C=N–C) groups is 1. The van der Waals surface area contributed by atoms with Crippen LogP contribution in [0.15, 0.2) is 40.9 Å². The van der Waals surface area contributed by atoms with Gasteiger partial charge >= 0.3 is 0 Å². The van der Waals surface area contributed by atoms with Crippen molar-refractivity contribution in [1.29, 1.82) is 0 Å². The van der Waals surface area contributed by atoms with Crippen LogP contribution < -0.4 is 0 Å². The van der Waals surface area contributed by atoms with Gasteiger partial charge in [-0.1, -0.05) is 35.4 Å². The van der Waals surface area contributed by atoms with Crippen LogP contribution in [0.2, 0.25) is 0 Å². The van der Waals surface area contributed by atoms with Crippen molar-refractivity contribution in [1.82, 2.24) is 4.90 Å². The number of likely N-dealkylation sites (N-methyl/N-ethyl adjacent to an activating group) is 1. The van der Waals surface area contributed by atoms with Crippen molar-refractivity contribution in [3.8, 4) is 0 Å². The van der Waals surface area contributed by atoms with Crippen molar-refractivity contribution >= 4 is 5.84 Å². The Hall–Kier alpha value is -1.57. The van der Waals surface area contributed by atoms with Gasteiger partial charge in [0.25, 0.3) is 0 Å². The van der Waals surface area contributed by atoms with Gasteiger partial charge in [-0.25, -0.2) is 0 Å². The summed E-state index contributed by atoms with van der Waals surface area (Å²) in [6, 6.07) is 9.02. The topological polar surface area (TPSA) is 15.6 Å². The number of aryl methyl sites for hydroxylation is 1. The Bertz CT molecular complexity index is 464. The third-order valence-electron chi connectivity index (χ3n) is 3.27. The summed E-state index contributed by atoms with van der Waals surface area (Å²) in [5, 5.41) is 0. The van der Waals surface area contributed by atoms with Crippen molar-refractivity contribution in [2.45, 2.75) is 33.7 Å². The highest BCUT2D eigenvalue weighted by Crippen LogP contribution is 2.25. The third-order valence-corrected chi connectivity index (χ3v) is 3.27. The molecule has 0 N–H and O–H groups in total. The second kappa shape index (κ2) is 5.38. The molecule has 2 rings (SSSR count). The van der Waals surface area contributed by atoms with Gasteiger partial charge in [0.2, 0.25) is 0 Å². The van der Waals surface area contributed by atoms with E-state index in [-0.39, 0.29) is 6.04 Å². The Labute approximate surface area is 110 Å². The molecule has 0 saturated heterocycles. The molecule has 0 spiro atoms. The van der Waals surface area contributed by atoms with E-state index in [1.807, 2.05) is 0 Å². The summed E-state index contributed by atoms with van der Waals surface area (Å²) < 4.78 is 0. The van der Waals surface area contributed by atoms with Crippen molar-refractivity contribution in [3.63, 3.8) is 0 Å². The first-order valence-corrected chi connectivity index (χ1v) is 6.64. The lowest BCUT2D eigenvalue weighted by atomic mass is 10.1. The highest BCUT2D eigenvalue weighted by molar-refractivity contribution is 5.94. The van der Waals surface area contributed by atoms with E-state index in [1.54, 1.807) is 0 Å². The number of allylic oxidation sites excluding steroid dienone is 1. The zero-order valence-corrected chi connectivity index (χ0v) is 11.8. The highest BCUT2D eigenvalue weighted by atomic mass is 15.2. The molecule has 2 heteroatoms. The molecule has 2 nitrogen and oxygen atoms in total. The van der Waals surface area contributed by atoms with E-state index >= 15 is 0 Å². The van der Waals surface area contributed by atoms with Crippen molar-refractivity contribution in [2.75, 3.05) is 13.1 Å². The average molecular weight is 242 g/mol. The zero-order chi connectivity index (χ0) is 13.1. The van der Waals surface area contributed by atoms with E-state index in [0.29, 0.717) is 0 Å². The normalized spacial score (nSPS) is 18.8. The van der Waals surface area contributed by atoms with Crippen LogP contribution in [0, 0.1) is 6.92 Å². The van der Waals surface area contributed by atoms with Crippen molar-refractivity contribution < 1.29 is 0 Å². The summed E-state index contributed by atoms with van der Waals surface area (Å²) in [6.45, 7) is 10.6. The van der Waals surface area contributed by atoms with Gasteiger partial charge in [-0.2, -0.15) is 0 Å². The van der Waals surface area contributed by atoms with E-state index in [2.05, 4.69) is 62.9 Å². The SMILES string of the molecule is CCN1CC(c2ccc(C)cc2)N=C1C=C(C)C. The molecular formula is C16H22N2. The molecule has 1 aliphatic rings. The standard InChI is InChI=1S/C16H22N2/c1-5-18-11-15(17-16(18)10-12(2)3)14-8-6-13(4)7-9-14/h6-10,15H,5,11H2,1-4H3. The quantitative estimate of drug-likeness (QED) is 0.788. The maximum atomic E-state index is 4.85. The molecule has 0 fully saturated rings. The van der Waals surface area contributed by atoms with Gasteiger partial charge in [-0.15, -0.1) is 0 Å². The second-order valence-corrected chi connectivity index (χ2v) is 5.17. The van der Waals surface area contributed by atoms with Crippen molar-refractivity contribution in [2.24, 2.45) is 4.99 Å². The third kappa shape index (κ3) is 2.81. The fourth-order valence-corrected chi connectivity index (χ4v) is 2.23. The van der Waals surface area contributed by atoms with Crippen LogP contribution in [0.5, 0.6) is 0 Å². The summed E-state index contributed by atoms with van der Waals surface area (Å²) in [5.74, 6) is 1.13. The molecule has 0 radical (unpaired) electrons. The first-order valence-electron chi connectivity index (χ1n) is 6.64. The molecule has 0 amide bonds. The van der Waals surface area contributed by atoms with Crippen molar-refractivity contribution in [3.05, 3.63) is 47.0 Å². The lowest BCUT2D eigenvalue weighted by Gasteiger charge is -2.17. The largest absolute Gasteiger partial charge is 0.355 e. The van der Waals surface area contributed by atoms with Crippen LogP contribution in [0.25, 0.3) is 0 Å². The van der Waals surface area contributed by atoms with E-state index in [1.165, 1.54) is 16.7 Å². The highest BCUT2D eigenvalue weighted by Gasteiger charge is 2.23. The van der Waals surface area contributed by atoms with Gasteiger partial charge in [0.05, 0.1) is 6.04 Å². The molecule has 0 aliphatic carbocycles. The lowest BCUT2D eigenvalue weighted by Crippen LogP contribution is -2.26. The number of amidine groups is 1. The Morgan fingerprint density at radius 3 is 2.56 bits per heavy atom. The number of benzene rings is 1. The van der Waals surface area contributed by atoms with Crippen LogP contribution in [0.3, 0.4) is 0 Å². The van der Waals surface area contributed by atoms with Crippen LogP contribution in [0.1, 0.15) is 37.9 Å². The van der Waals surface area contributed by atoms with Gasteiger partial charge in [0.15, 0.2) is 0 Å².